The number of carbonyl (C=O) groups excluding carboxylic acids is 1. The average molecular weight is 340 g/mol. The predicted octanol–water partition coefficient (Wildman–Crippen LogP) is 5.47. The van der Waals surface area contributed by atoms with Crippen molar-refractivity contribution >= 4 is 17.4 Å². The Bertz CT molecular complexity index is 912. The maximum Gasteiger partial charge on any atom is 0.176 e. The summed E-state index contributed by atoms with van der Waals surface area (Å²) >= 11 is 6.38. The van der Waals surface area contributed by atoms with E-state index >= 15 is 0 Å². The van der Waals surface area contributed by atoms with E-state index in [9.17, 15) is 9.90 Å². The van der Waals surface area contributed by atoms with Gasteiger partial charge in [-0.15, -0.1) is 0 Å². The molecular weight excluding hydrogens is 322 g/mol. The smallest absolute Gasteiger partial charge is 0.176 e. The molecule has 0 atom stereocenters. The Hall–Kier alpha value is -2.52. The Morgan fingerprint density at radius 3 is 2.29 bits per heavy atom. The number of benzene rings is 2. The Kier molecular flexibility index (Phi) is 4.45. The van der Waals surface area contributed by atoms with Crippen LogP contribution < -0.4 is 0 Å². The minimum Gasteiger partial charge on any atom is -0.507 e. The number of halogens is 1. The van der Waals surface area contributed by atoms with E-state index in [-0.39, 0.29) is 11.5 Å². The van der Waals surface area contributed by atoms with E-state index in [0.717, 1.165) is 22.4 Å². The number of rotatable bonds is 4. The van der Waals surface area contributed by atoms with Gasteiger partial charge in [0.1, 0.15) is 5.75 Å². The molecule has 0 aliphatic heterocycles. The number of aromatic nitrogens is 1. The van der Waals surface area contributed by atoms with Crippen LogP contribution in [0.15, 0.2) is 48.5 Å². The fourth-order valence-corrected chi connectivity index (χ4v) is 3.26. The van der Waals surface area contributed by atoms with E-state index in [1.165, 1.54) is 6.92 Å². The molecule has 0 aliphatic carbocycles. The van der Waals surface area contributed by atoms with Crippen LogP contribution in [0, 0.1) is 0 Å². The lowest BCUT2D eigenvalue weighted by Gasteiger charge is -2.09. The van der Waals surface area contributed by atoms with E-state index in [2.05, 4.69) is 4.98 Å². The zero-order valence-electron chi connectivity index (χ0n) is 13.6. The lowest BCUT2D eigenvalue weighted by molar-refractivity contribution is 0.101. The predicted molar refractivity (Wildman–Crippen MR) is 97.7 cm³/mol. The molecule has 0 fully saturated rings. The highest BCUT2D eigenvalue weighted by molar-refractivity contribution is 6.33. The first-order chi connectivity index (χ1) is 11.5. The normalized spacial score (nSPS) is 10.8. The summed E-state index contributed by atoms with van der Waals surface area (Å²) in [6, 6.07) is 14.6. The summed E-state index contributed by atoms with van der Waals surface area (Å²) in [5.74, 6) is 0.107. The molecule has 2 aromatic carbocycles. The number of nitrogens with one attached hydrogen (secondary N) is 1. The maximum absolute atomic E-state index is 12.2. The lowest BCUT2D eigenvalue weighted by Crippen LogP contribution is -1.96. The number of Topliss-reactive ketones (excluding diaryl/α,β-unsaturated/α-hetero) is 1. The number of hydrogen-bond donors (Lipinski definition) is 2. The number of aromatic hydroxyl groups is 1. The highest BCUT2D eigenvalue weighted by Gasteiger charge is 2.23. The first-order valence-electron chi connectivity index (χ1n) is 7.83. The third-order valence-electron chi connectivity index (χ3n) is 4.13. The lowest BCUT2D eigenvalue weighted by atomic mass is 9.95. The van der Waals surface area contributed by atoms with Gasteiger partial charge in [-0.05, 0) is 30.2 Å². The Morgan fingerprint density at radius 1 is 1.08 bits per heavy atom. The first-order valence-corrected chi connectivity index (χ1v) is 8.21. The van der Waals surface area contributed by atoms with Gasteiger partial charge in [0, 0.05) is 28.6 Å². The number of H-pyrrole nitrogens is 1. The van der Waals surface area contributed by atoms with E-state index in [1.807, 2.05) is 43.3 Å². The highest BCUT2D eigenvalue weighted by Crippen LogP contribution is 2.41. The van der Waals surface area contributed by atoms with Crippen LogP contribution in [0.3, 0.4) is 0 Å². The quantitative estimate of drug-likeness (QED) is 0.619. The molecule has 1 heterocycles. The number of para-hydroxylation sites is 1. The zero-order valence-corrected chi connectivity index (χ0v) is 14.3. The van der Waals surface area contributed by atoms with Crippen molar-refractivity contribution in [2.45, 2.75) is 20.3 Å². The average Bonchev–Trinajstić information content (AvgIpc) is 2.95. The number of hydrogen-bond acceptors (Lipinski definition) is 2. The molecule has 0 aliphatic rings. The molecule has 0 saturated heterocycles. The van der Waals surface area contributed by atoms with Gasteiger partial charge in [-0.3, -0.25) is 4.79 Å². The van der Waals surface area contributed by atoms with Gasteiger partial charge < -0.3 is 10.1 Å². The molecular formula is C20H18ClNO2. The van der Waals surface area contributed by atoms with Gasteiger partial charge in [-0.2, -0.15) is 0 Å². The van der Waals surface area contributed by atoms with Crippen LogP contribution in [0.2, 0.25) is 5.02 Å². The molecule has 0 radical (unpaired) electrons. The van der Waals surface area contributed by atoms with Crippen LogP contribution in [0.1, 0.15) is 29.9 Å². The van der Waals surface area contributed by atoms with Crippen LogP contribution >= 0.6 is 11.6 Å². The van der Waals surface area contributed by atoms with E-state index in [0.29, 0.717) is 22.7 Å². The number of carbonyl (C=O) groups is 1. The van der Waals surface area contributed by atoms with Crippen molar-refractivity contribution in [2.24, 2.45) is 0 Å². The molecule has 0 bridgehead atoms. The van der Waals surface area contributed by atoms with Crippen LogP contribution in [-0.4, -0.2) is 15.9 Å². The maximum atomic E-state index is 12.2. The molecule has 3 aromatic rings. The first kappa shape index (κ1) is 16.3. The number of aromatic amines is 1. The van der Waals surface area contributed by atoms with E-state index in [4.69, 9.17) is 11.6 Å². The Labute approximate surface area is 145 Å². The summed E-state index contributed by atoms with van der Waals surface area (Å²) in [4.78, 5) is 15.4. The molecule has 3 rings (SSSR count). The Morgan fingerprint density at radius 2 is 1.71 bits per heavy atom. The Balaban J connectivity index is 2.36. The molecule has 3 nitrogen and oxygen atoms in total. The third kappa shape index (κ3) is 2.72. The molecule has 24 heavy (non-hydrogen) atoms. The molecule has 4 heteroatoms. The van der Waals surface area contributed by atoms with Crippen molar-refractivity contribution in [1.29, 1.82) is 0 Å². The number of ketones is 1. The van der Waals surface area contributed by atoms with Crippen molar-refractivity contribution in [3.63, 3.8) is 0 Å². The monoisotopic (exact) mass is 339 g/mol. The molecule has 2 N–H and O–H groups in total. The van der Waals surface area contributed by atoms with Crippen LogP contribution in [-0.2, 0) is 6.42 Å². The van der Waals surface area contributed by atoms with Gasteiger partial charge in [0.05, 0.1) is 11.4 Å². The molecule has 1 aromatic heterocycles. The second-order valence-corrected chi connectivity index (χ2v) is 6.04. The van der Waals surface area contributed by atoms with Crippen LogP contribution in [0.5, 0.6) is 5.75 Å². The number of phenolic OH excluding ortho intramolecular Hbond substituents is 1. The van der Waals surface area contributed by atoms with Gasteiger partial charge in [0.2, 0.25) is 0 Å². The van der Waals surface area contributed by atoms with Gasteiger partial charge in [0.25, 0.3) is 0 Å². The number of phenols is 1. The summed E-state index contributed by atoms with van der Waals surface area (Å²) in [6.07, 6.45) is 0.702. The summed E-state index contributed by atoms with van der Waals surface area (Å²) < 4.78 is 0. The molecule has 122 valence electrons. The van der Waals surface area contributed by atoms with Gasteiger partial charge in [-0.1, -0.05) is 48.9 Å². The van der Waals surface area contributed by atoms with E-state index in [1.54, 1.807) is 12.1 Å². The standard InChI is InChI=1S/C20H18ClNO2/c1-3-13-18(14-8-4-6-10-16(14)21)19(12(2)23)22-20(13)15-9-5-7-11-17(15)24/h4-11,22,24H,3H2,1-2H3. The van der Waals surface area contributed by atoms with E-state index < -0.39 is 0 Å². The SMILES string of the molecule is CCc1c(-c2ccccc2O)[nH]c(C(C)=O)c1-c1ccccc1Cl. The summed E-state index contributed by atoms with van der Waals surface area (Å²) in [6.45, 7) is 3.55. The minimum atomic E-state index is -0.0682. The second-order valence-electron chi connectivity index (χ2n) is 5.64. The van der Waals surface area contributed by atoms with Crippen molar-refractivity contribution in [3.05, 3.63) is 64.8 Å². The third-order valence-corrected chi connectivity index (χ3v) is 4.46. The van der Waals surface area contributed by atoms with Crippen molar-refractivity contribution < 1.29 is 9.90 Å². The summed E-state index contributed by atoms with van der Waals surface area (Å²) in [5, 5.41) is 10.8. The zero-order chi connectivity index (χ0) is 17.3. The fourth-order valence-electron chi connectivity index (χ4n) is 3.03. The van der Waals surface area contributed by atoms with Crippen molar-refractivity contribution in [2.75, 3.05) is 0 Å². The van der Waals surface area contributed by atoms with Crippen molar-refractivity contribution in [3.8, 4) is 28.1 Å². The molecule has 0 saturated carbocycles. The second kappa shape index (κ2) is 6.54. The fraction of sp³-hybridized carbons (Fsp3) is 0.150. The van der Waals surface area contributed by atoms with Crippen LogP contribution in [0.25, 0.3) is 22.4 Å². The highest BCUT2D eigenvalue weighted by atomic mass is 35.5. The topological polar surface area (TPSA) is 53.1 Å². The van der Waals surface area contributed by atoms with Crippen molar-refractivity contribution in [1.82, 2.24) is 4.98 Å². The summed E-state index contributed by atoms with van der Waals surface area (Å²) in [7, 11) is 0. The van der Waals surface area contributed by atoms with Gasteiger partial charge in [-0.25, -0.2) is 0 Å². The molecule has 0 spiro atoms. The van der Waals surface area contributed by atoms with Crippen LogP contribution in [0.4, 0.5) is 0 Å². The van der Waals surface area contributed by atoms with Gasteiger partial charge >= 0.3 is 0 Å². The minimum absolute atomic E-state index is 0.0682. The largest absolute Gasteiger partial charge is 0.507 e. The molecule has 0 unspecified atom stereocenters. The molecule has 0 amide bonds. The van der Waals surface area contributed by atoms with Gasteiger partial charge in [0.15, 0.2) is 5.78 Å². The summed E-state index contributed by atoms with van der Waals surface area (Å²) in [5.41, 5.74) is 4.55.